The van der Waals surface area contributed by atoms with Crippen LogP contribution in [0.4, 0.5) is 10.2 Å². The largest absolute Gasteiger partial charge is 0.457 e. The highest BCUT2D eigenvalue weighted by Gasteiger charge is 2.30. The Morgan fingerprint density at radius 1 is 1.09 bits per heavy atom. The number of benzene rings is 2. The monoisotopic (exact) mass is 474 g/mol. The molecule has 2 aromatic heterocycles. The fourth-order valence-corrected chi connectivity index (χ4v) is 4.81. The summed E-state index contributed by atoms with van der Waals surface area (Å²) in [6.07, 6.45) is 4.79. The number of para-hydroxylation sites is 1. The summed E-state index contributed by atoms with van der Waals surface area (Å²) in [5.41, 5.74) is 7.47. The third-order valence-electron chi connectivity index (χ3n) is 6.81. The maximum atomic E-state index is 15.3. The van der Waals surface area contributed by atoms with Crippen molar-refractivity contribution in [1.82, 2.24) is 24.5 Å². The van der Waals surface area contributed by atoms with E-state index in [-0.39, 0.29) is 17.8 Å². The molecule has 4 aromatic rings. The number of imidazole rings is 1. The molecule has 6 rings (SSSR count). The molecule has 0 saturated carbocycles. The Labute approximate surface area is 202 Å². The molecule has 4 heterocycles. The fourth-order valence-electron chi connectivity index (χ4n) is 4.81. The minimum atomic E-state index is -0.456. The van der Waals surface area contributed by atoms with Gasteiger partial charge in [-0.05, 0) is 56.6 Å². The highest BCUT2D eigenvalue weighted by molar-refractivity contribution is 5.85. The van der Waals surface area contributed by atoms with Crippen LogP contribution in [0.5, 0.6) is 11.5 Å². The van der Waals surface area contributed by atoms with Crippen molar-refractivity contribution in [3.63, 3.8) is 0 Å². The lowest BCUT2D eigenvalue weighted by molar-refractivity contribution is -0.0272. The van der Waals surface area contributed by atoms with Crippen molar-refractivity contribution in [3.8, 4) is 22.8 Å². The molecule has 2 aromatic carbocycles. The standard InChI is InChI=1S/C26H27FN6O2/c27-22-13-19(35-18-5-2-1-3-6-18)9-10-21(22)23-24-25(28)29-16-30-33(24)26(31-23)17-7-8-20(34-15-17)14-32-11-4-12-32/h1-3,5-6,9-10,13,16-17,20H,4,7-8,11-12,14-15H2,(H2,28,29,30). The second-order valence-corrected chi connectivity index (χ2v) is 9.16. The molecule has 35 heavy (non-hydrogen) atoms. The molecule has 2 atom stereocenters. The van der Waals surface area contributed by atoms with Crippen LogP contribution in [0, 0.1) is 5.82 Å². The number of hydrogen-bond acceptors (Lipinski definition) is 7. The van der Waals surface area contributed by atoms with Crippen molar-refractivity contribution in [2.24, 2.45) is 0 Å². The molecular formula is C26H27FN6O2. The Bertz CT molecular complexity index is 1330. The van der Waals surface area contributed by atoms with E-state index in [1.807, 2.05) is 30.3 Å². The number of likely N-dealkylation sites (tertiary alicyclic amines) is 1. The van der Waals surface area contributed by atoms with Crippen molar-refractivity contribution in [3.05, 3.63) is 66.5 Å². The van der Waals surface area contributed by atoms with Gasteiger partial charge in [-0.2, -0.15) is 5.10 Å². The first-order valence-electron chi connectivity index (χ1n) is 12.0. The number of nitrogens with two attached hydrogens (primary N) is 1. The number of rotatable bonds is 6. The molecule has 2 aliphatic heterocycles. The van der Waals surface area contributed by atoms with E-state index in [0.29, 0.717) is 34.9 Å². The molecule has 0 radical (unpaired) electrons. The summed E-state index contributed by atoms with van der Waals surface area (Å²) in [5.74, 6) is 1.60. The van der Waals surface area contributed by atoms with Crippen LogP contribution < -0.4 is 10.5 Å². The van der Waals surface area contributed by atoms with Gasteiger partial charge in [0.2, 0.25) is 0 Å². The molecule has 2 saturated heterocycles. The Balaban J connectivity index is 1.29. The van der Waals surface area contributed by atoms with Crippen LogP contribution in [0.3, 0.4) is 0 Å². The second kappa shape index (κ2) is 9.24. The topological polar surface area (TPSA) is 90.8 Å². The van der Waals surface area contributed by atoms with Crippen molar-refractivity contribution < 1.29 is 13.9 Å². The van der Waals surface area contributed by atoms with Gasteiger partial charge >= 0.3 is 0 Å². The van der Waals surface area contributed by atoms with E-state index < -0.39 is 5.82 Å². The number of ether oxygens (including phenoxy) is 2. The van der Waals surface area contributed by atoms with E-state index in [2.05, 4.69) is 15.0 Å². The van der Waals surface area contributed by atoms with Gasteiger partial charge in [-0.3, -0.25) is 0 Å². The van der Waals surface area contributed by atoms with E-state index in [1.54, 1.807) is 16.6 Å². The number of nitrogen functional groups attached to an aromatic ring is 1. The Kier molecular flexibility index (Phi) is 5.79. The van der Waals surface area contributed by atoms with Crippen LogP contribution in [0.1, 0.15) is 31.0 Å². The van der Waals surface area contributed by atoms with Crippen molar-refractivity contribution in [2.45, 2.75) is 31.3 Å². The van der Waals surface area contributed by atoms with E-state index in [9.17, 15) is 0 Å². The predicted molar refractivity (Wildman–Crippen MR) is 130 cm³/mol. The summed E-state index contributed by atoms with van der Waals surface area (Å²) in [7, 11) is 0. The molecule has 8 nitrogen and oxygen atoms in total. The Morgan fingerprint density at radius 3 is 2.66 bits per heavy atom. The highest BCUT2D eigenvalue weighted by Crippen LogP contribution is 2.36. The molecular weight excluding hydrogens is 447 g/mol. The van der Waals surface area contributed by atoms with Crippen LogP contribution >= 0.6 is 0 Å². The molecule has 0 aliphatic carbocycles. The molecule has 9 heteroatoms. The van der Waals surface area contributed by atoms with Gasteiger partial charge in [-0.25, -0.2) is 18.9 Å². The van der Waals surface area contributed by atoms with Gasteiger partial charge in [0.25, 0.3) is 0 Å². The Hall–Kier alpha value is -3.56. The van der Waals surface area contributed by atoms with Crippen LogP contribution in [-0.2, 0) is 4.74 Å². The summed E-state index contributed by atoms with van der Waals surface area (Å²) in [6.45, 7) is 3.86. The molecule has 0 bridgehead atoms. The number of nitrogens with zero attached hydrogens (tertiary/aromatic N) is 5. The third-order valence-corrected chi connectivity index (χ3v) is 6.81. The number of halogens is 1. The SMILES string of the molecule is Nc1ncnn2c(C3CCC(CN4CCC4)OC3)nc(-c3ccc(Oc4ccccc4)cc3F)c12. The molecule has 180 valence electrons. The van der Waals surface area contributed by atoms with Crippen LogP contribution in [0.25, 0.3) is 16.8 Å². The summed E-state index contributed by atoms with van der Waals surface area (Å²) in [5, 5.41) is 4.41. The van der Waals surface area contributed by atoms with Crippen LogP contribution in [0.2, 0.25) is 0 Å². The quantitative estimate of drug-likeness (QED) is 0.446. The number of anilines is 1. The van der Waals surface area contributed by atoms with Gasteiger partial charge in [0, 0.05) is 24.1 Å². The summed E-state index contributed by atoms with van der Waals surface area (Å²) < 4.78 is 29.0. The van der Waals surface area contributed by atoms with Crippen LogP contribution in [-0.4, -0.2) is 56.8 Å². The molecule has 2 fully saturated rings. The first-order valence-corrected chi connectivity index (χ1v) is 12.0. The van der Waals surface area contributed by atoms with Crippen molar-refractivity contribution in [1.29, 1.82) is 0 Å². The average molecular weight is 475 g/mol. The zero-order chi connectivity index (χ0) is 23.8. The van der Waals surface area contributed by atoms with Gasteiger partial charge in [-0.15, -0.1) is 0 Å². The minimum absolute atomic E-state index is 0.0435. The summed E-state index contributed by atoms with van der Waals surface area (Å²) in [4.78, 5) is 11.4. The highest BCUT2D eigenvalue weighted by atomic mass is 19.1. The molecule has 2 N–H and O–H groups in total. The third kappa shape index (κ3) is 4.33. The molecule has 0 amide bonds. The average Bonchev–Trinajstić information content (AvgIpc) is 3.23. The second-order valence-electron chi connectivity index (χ2n) is 9.16. The van der Waals surface area contributed by atoms with Gasteiger partial charge < -0.3 is 20.1 Å². The predicted octanol–water partition coefficient (Wildman–Crippen LogP) is 4.27. The molecule has 2 aliphatic rings. The smallest absolute Gasteiger partial charge is 0.153 e. The van der Waals surface area contributed by atoms with E-state index in [4.69, 9.17) is 20.2 Å². The zero-order valence-corrected chi connectivity index (χ0v) is 19.3. The van der Waals surface area contributed by atoms with Crippen LogP contribution in [0.15, 0.2) is 54.9 Å². The summed E-state index contributed by atoms with van der Waals surface area (Å²) >= 11 is 0. The van der Waals surface area contributed by atoms with Crippen molar-refractivity contribution in [2.75, 3.05) is 32.0 Å². The normalized spacial score (nSPS) is 20.6. The number of hydrogen-bond donors (Lipinski definition) is 1. The lowest BCUT2D eigenvalue weighted by Crippen LogP contribution is -2.44. The lowest BCUT2D eigenvalue weighted by Gasteiger charge is -2.36. The number of aromatic nitrogens is 4. The lowest BCUT2D eigenvalue weighted by atomic mass is 9.97. The summed E-state index contributed by atoms with van der Waals surface area (Å²) in [6, 6.07) is 14.0. The van der Waals surface area contributed by atoms with Gasteiger partial charge in [0.15, 0.2) is 5.82 Å². The maximum absolute atomic E-state index is 15.3. The van der Waals surface area contributed by atoms with E-state index >= 15 is 4.39 Å². The van der Waals surface area contributed by atoms with E-state index in [1.165, 1.54) is 18.8 Å². The minimum Gasteiger partial charge on any atom is -0.457 e. The first-order chi connectivity index (χ1) is 17.2. The van der Waals surface area contributed by atoms with Gasteiger partial charge in [-0.1, -0.05) is 18.2 Å². The zero-order valence-electron chi connectivity index (χ0n) is 19.3. The van der Waals surface area contributed by atoms with Crippen molar-refractivity contribution >= 4 is 11.3 Å². The van der Waals surface area contributed by atoms with Gasteiger partial charge in [0.1, 0.15) is 40.7 Å². The number of fused-ring (bicyclic) bond motifs is 1. The molecule has 2 unspecified atom stereocenters. The Morgan fingerprint density at radius 2 is 1.94 bits per heavy atom. The van der Waals surface area contributed by atoms with Gasteiger partial charge in [0.05, 0.1) is 12.7 Å². The van der Waals surface area contributed by atoms with E-state index in [0.717, 1.165) is 38.3 Å². The first kappa shape index (κ1) is 21.9. The maximum Gasteiger partial charge on any atom is 0.153 e. The fraction of sp³-hybridized carbons (Fsp3) is 0.346. The molecule has 0 spiro atoms.